The van der Waals surface area contributed by atoms with Crippen molar-refractivity contribution < 1.29 is 4.74 Å². The molecule has 1 atom stereocenters. The highest BCUT2D eigenvalue weighted by molar-refractivity contribution is 5.79. The molecule has 1 rings (SSSR count). The zero-order chi connectivity index (χ0) is 13.4. The molecular weight excluding hydrogens is 224 g/mol. The van der Waals surface area contributed by atoms with Crippen molar-refractivity contribution in [1.82, 2.24) is 4.90 Å². The molecule has 3 heteroatoms. The fourth-order valence-corrected chi connectivity index (χ4v) is 2.05. The van der Waals surface area contributed by atoms with Gasteiger partial charge in [-0.15, -0.1) is 0 Å². The van der Waals surface area contributed by atoms with E-state index in [1.54, 1.807) is 7.11 Å². The van der Waals surface area contributed by atoms with E-state index in [-0.39, 0.29) is 0 Å². The van der Waals surface area contributed by atoms with Crippen LogP contribution in [-0.4, -0.2) is 37.0 Å². The maximum absolute atomic E-state index is 5.39. The van der Waals surface area contributed by atoms with Crippen LogP contribution in [0, 0.1) is 0 Å². The van der Waals surface area contributed by atoms with Crippen molar-refractivity contribution in [2.24, 2.45) is 4.99 Å². The Balaban J connectivity index is 2.70. The summed E-state index contributed by atoms with van der Waals surface area (Å²) in [5.41, 5.74) is 0.945. The van der Waals surface area contributed by atoms with E-state index in [1.807, 2.05) is 30.3 Å². The van der Waals surface area contributed by atoms with Gasteiger partial charge in [0.2, 0.25) is 0 Å². The van der Waals surface area contributed by atoms with Gasteiger partial charge in [0, 0.05) is 12.5 Å². The summed E-state index contributed by atoms with van der Waals surface area (Å²) in [6.07, 6.45) is 0.840. The minimum atomic E-state index is 0.447. The Morgan fingerprint density at radius 2 is 1.83 bits per heavy atom. The lowest BCUT2D eigenvalue weighted by Gasteiger charge is -2.26. The summed E-state index contributed by atoms with van der Waals surface area (Å²) >= 11 is 0. The fraction of sp³-hybridized carbons (Fsp3) is 0.533. The highest BCUT2D eigenvalue weighted by Crippen LogP contribution is 2.13. The monoisotopic (exact) mass is 248 g/mol. The number of rotatable bonds is 6. The lowest BCUT2D eigenvalue weighted by Crippen LogP contribution is -2.34. The molecular formula is C15H24N2O. The Morgan fingerprint density at radius 3 is 2.33 bits per heavy atom. The van der Waals surface area contributed by atoms with Crippen LogP contribution < -0.4 is 0 Å². The molecule has 0 spiro atoms. The Morgan fingerprint density at radius 1 is 1.22 bits per heavy atom. The van der Waals surface area contributed by atoms with Crippen molar-refractivity contribution in [1.29, 1.82) is 0 Å². The van der Waals surface area contributed by atoms with E-state index in [0.717, 1.165) is 31.1 Å². The van der Waals surface area contributed by atoms with Crippen molar-refractivity contribution in [3.63, 3.8) is 0 Å². The lowest BCUT2D eigenvalue weighted by molar-refractivity contribution is 0.227. The summed E-state index contributed by atoms with van der Waals surface area (Å²) < 4.78 is 5.39. The standard InChI is InChI=1S/C15H24N2O/c1-5-17(6-2)13(3)12-15(18-4)16-14-10-8-7-9-11-14/h7-11,13H,5-6,12H2,1-4H3. The molecule has 1 aromatic carbocycles. The Kier molecular flexibility index (Phi) is 6.44. The minimum absolute atomic E-state index is 0.447. The summed E-state index contributed by atoms with van der Waals surface area (Å²) in [5.74, 6) is 0.792. The summed E-state index contributed by atoms with van der Waals surface area (Å²) in [4.78, 5) is 6.94. The number of hydrogen-bond donors (Lipinski definition) is 0. The molecule has 1 aromatic rings. The molecule has 0 N–H and O–H groups in total. The fourth-order valence-electron chi connectivity index (χ4n) is 2.05. The average molecular weight is 248 g/mol. The van der Waals surface area contributed by atoms with Crippen LogP contribution in [0.1, 0.15) is 27.2 Å². The Labute approximate surface area is 110 Å². The number of benzene rings is 1. The zero-order valence-electron chi connectivity index (χ0n) is 11.9. The molecule has 0 aliphatic rings. The second-order valence-electron chi connectivity index (χ2n) is 4.32. The minimum Gasteiger partial charge on any atom is -0.484 e. The average Bonchev–Trinajstić information content (AvgIpc) is 2.40. The lowest BCUT2D eigenvalue weighted by atomic mass is 10.2. The summed E-state index contributed by atoms with van der Waals surface area (Å²) in [6, 6.07) is 10.4. The number of para-hydroxylation sites is 1. The van der Waals surface area contributed by atoms with E-state index in [1.165, 1.54) is 0 Å². The molecule has 18 heavy (non-hydrogen) atoms. The molecule has 3 nitrogen and oxygen atoms in total. The van der Waals surface area contributed by atoms with Gasteiger partial charge in [0.05, 0.1) is 12.8 Å². The SMILES string of the molecule is CCN(CC)C(C)CC(=Nc1ccccc1)OC. The highest BCUT2D eigenvalue weighted by atomic mass is 16.5. The van der Waals surface area contributed by atoms with Gasteiger partial charge < -0.3 is 9.64 Å². The molecule has 0 fully saturated rings. The van der Waals surface area contributed by atoms with Crippen LogP contribution >= 0.6 is 0 Å². The van der Waals surface area contributed by atoms with Crippen molar-refractivity contribution in [3.05, 3.63) is 30.3 Å². The van der Waals surface area contributed by atoms with Crippen molar-refractivity contribution in [3.8, 4) is 0 Å². The van der Waals surface area contributed by atoms with Gasteiger partial charge in [0.15, 0.2) is 5.90 Å². The second-order valence-corrected chi connectivity index (χ2v) is 4.32. The van der Waals surface area contributed by atoms with E-state index in [4.69, 9.17) is 4.74 Å². The first kappa shape index (κ1) is 14.7. The molecule has 0 saturated heterocycles. The summed E-state index contributed by atoms with van der Waals surface area (Å²) in [6.45, 7) is 8.69. The number of hydrogen-bond acceptors (Lipinski definition) is 3. The number of ether oxygens (including phenoxy) is 1. The zero-order valence-corrected chi connectivity index (χ0v) is 11.9. The molecule has 0 aliphatic carbocycles. The van der Waals surface area contributed by atoms with E-state index in [9.17, 15) is 0 Å². The van der Waals surface area contributed by atoms with Crippen molar-refractivity contribution in [2.45, 2.75) is 33.2 Å². The third-order valence-electron chi connectivity index (χ3n) is 3.15. The smallest absolute Gasteiger partial charge is 0.189 e. The quantitative estimate of drug-likeness (QED) is 0.568. The molecule has 0 bridgehead atoms. The largest absolute Gasteiger partial charge is 0.484 e. The maximum atomic E-state index is 5.39. The molecule has 0 radical (unpaired) electrons. The van der Waals surface area contributed by atoms with Crippen LogP contribution in [0.4, 0.5) is 5.69 Å². The van der Waals surface area contributed by atoms with Crippen molar-refractivity contribution >= 4 is 11.6 Å². The van der Waals surface area contributed by atoms with Gasteiger partial charge in [-0.25, -0.2) is 4.99 Å². The third-order valence-corrected chi connectivity index (χ3v) is 3.15. The van der Waals surface area contributed by atoms with Crippen LogP contribution in [0.25, 0.3) is 0 Å². The van der Waals surface area contributed by atoms with Crippen LogP contribution in [0.3, 0.4) is 0 Å². The number of methoxy groups -OCH3 is 1. The van der Waals surface area contributed by atoms with Crippen LogP contribution in [0.5, 0.6) is 0 Å². The normalized spacial score (nSPS) is 13.7. The van der Waals surface area contributed by atoms with Gasteiger partial charge in [0.25, 0.3) is 0 Å². The van der Waals surface area contributed by atoms with Crippen LogP contribution in [0.15, 0.2) is 35.3 Å². The molecule has 0 heterocycles. The third kappa shape index (κ3) is 4.49. The molecule has 0 aromatic heterocycles. The van der Waals surface area contributed by atoms with Gasteiger partial charge in [-0.2, -0.15) is 0 Å². The van der Waals surface area contributed by atoms with Crippen LogP contribution in [-0.2, 0) is 4.74 Å². The topological polar surface area (TPSA) is 24.8 Å². The predicted octanol–water partition coefficient (Wildman–Crippen LogP) is 3.48. The Bertz CT molecular complexity index is 358. The second kappa shape index (κ2) is 7.88. The van der Waals surface area contributed by atoms with E-state index in [0.29, 0.717) is 6.04 Å². The van der Waals surface area contributed by atoms with Gasteiger partial charge in [0.1, 0.15) is 0 Å². The molecule has 100 valence electrons. The first-order valence-corrected chi connectivity index (χ1v) is 6.61. The summed E-state index contributed by atoms with van der Waals surface area (Å²) in [7, 11) is 1.69. The highest BCUT2D eigenvalue weighted by Gasteiger charge is 2.13. The molecule has 0 aliphatic heterocycles. The number of nitrogens with zero attached hydrogens (tertiary/aromatic N) is 2. The van der Waals surface area contributed by atoms with Gasteiger partial charge in [-0.3, -0.25) is 0 Å². The van der Waals surface area contributed by atoms with Gasteiger partial charge in [-0.1, -0.05) is 32.0 Å². The first-order chi connectivity index (χ1) is 8.71. The summed E-state index contributed by atoms with van der Waals surface area (Å²) in [5, 5.41) is 0. The van der Waals surface area contributed by atoms with E-state index >= 15 is 0 Å². The predicted molar refractivity (Wildman–Crippen MR) is 77.5 cm³/mol. The van der Waals surface area contributed by atoms with Gasteiger partial charge in [-0.05, 0) is 32.1 Å². The maximum Gasteiger partial charge on any atom is 0.189 e. The molecule has 0 saturated carbocycles. The van der Waals surface area contributed by atoms with Gasteiger partial charge >= 0.3 is 0 Å². The first-order valence-electron chi connectivity index (χ1n) is 6.61. The molecule has 1 unspecified atom stereocenters. The molecule has 0 amide bonds. The number of aliphatic imine (C=N–C) groups is 1. The van der Waals surface area contributed by atoms with Crippen molar-refractivity contribution in [2.75, 3.05) is 20.2 Å². The van der Waals surface area contributed by atoms with Crippen LogP contribution in [0.2, 0.25) is 0 Å². The Hall–Kier alpha value is -1.35. The van der Waals surface area contributed by atoms with E-state index in [2.05, 4.69) is 30.7 Å². The van der Waals surface area contributed by atoms with E-state index < -0.39 is 0 Å².